The van der Waals surface area contributed by atoms with Crippen LogP contribution in [0.1, 0.15) is 31.8 Å². The van der Waals surface area contributed by atoms with Crippen molar-refractivity contribution in [3.05, 3.63) is 34.4 Å². The number of hydrogen-bond donors (Lipinski definition) is 2. The number of carboxylic acids is 2. The number of halogens is 1. The van der Waals surface area contributed by atoms with Crippen LogP contribution in [0.15, 0.2) is 12.1 Å². The molecule has 0 amide bonds. The summed E-state index contributed by atoms with van der Waals surface area (Å²) in [5.74, 6) is -2.22. The molecule has 0 aliphatic heterocycles. The number of rotatable bonds is 3. The molecule has 1 aromatic carbocycles. The topological polar surface area (TPSA) is 74.6 Å². The molecule has 0 aliphatic carbocycles. The minimum atomic E-state index is -1.12. The van der Waals surface area contributed by atoms with Crippen LogP contribution in [-0.4, -0.2) is 22.2 Å². The molecule has 2 N–H and O–H groups in total. The lowest BCUT2D eigenvalue weighted by Gasteiger charge is -2.09. The Kier molecular flexibility index (Phi) is 3.47. The summed E-state index contributed by atoms with van der Waals surface area (Å²) in [4.78, 5) is 21.8. The van der Waals surface area contributed by atoms with Gasteiger partial charge in [-0.25, -0.2) is 9.59 Å². The summed E-state index contributed by atoms with van der Waals surface area (Å²) in [5, 5.41) is 18.1. The zero-order valence-corrected chi connectivity index (χ0v) is 9.54. The van der Waals surface area contributed by atoms with Gasteiger partial charge in [-0.05, 0) is 24.1 Å². The number of aryl methyl sites for hydroxylation is 1. The van der Waals surface area contributed by atoms with Crippen molar-refractivity contribution in [3.8, 4) is 0 Å². The van der Waals surface area contributed by atoms with E-state index in [0.717, 1.165) is 0 Å². The molecule has 0 atom stereocenters. The molecular formula is C10H9BrO4. The average molecular weight is 273 g/mol. The highest BCUT2D eigenvalue weighted by atomic mass is 79.9. The molecule has 0 spiro atoms. The second kappa shape index (κ2) is 4.44. The molecule has 80 valence electrons. The molecule has 0 saturated heterocycles. The molecule has 1 aromatic rings. The second-order valence-corrected chi connectivity index (χ2v) is 3.59. The van der Waals surface area contributed by atoms with Gasteiger partial charge in [0.15, 0.2) is 0 Å². The van der Waals surface area contributed by atoms with E-state index in [0.29, 0.717) is 11.1 Å². The third kappa shape index (κ3) is 2.18. The van der Waals surface area contributed by atoms with Crippen molar-refractivity contribution in [2.45, 2.75) is 12.3 Å². The molecule has 15 heavy (non-hydrogen) atoms. The fraction of sp³-hybridized carbons (Fsp3) is 0.200. The average Bonchev–Trinajstić information content (AvgIpc) is 2.15. The lowest BCUT2D eigenvalue weighted by atomic mass is 9.98. The Morgan fingerprint density at radius 1 is 1.27 bits per heavy atom. The summed E-state index contributed by atoms with van der Waals surface area (Å²) in [6.07, 6.45) is 0. The summed E-state index contributed by atoms with van der Waals surface area (Å²) in [6.45, 7) is 1.64. The first-order chi connectivity index (χ1) is 6.99. The molecule has 4 nitrogen and oxygen atoms in total. The second-order valence-electron chi connectivity index (χ2n) is 3.03. The van der Waals surface area contributed by atoms with E-state index in [2.05, 4.69) is 15.9 Å². The zero-order chi connectivity index (χ0) is 11.6. The fourth-order valence-corrected chi connectivity index (χ4v) is 1.98. The maximum absolute atomic E-state index is 11.0. The Morgan fingerprint density at radius 3 is 2.27 bits per heavy atom. The number of carboxylic acid groups (broad SMARTS) is 2. The SMILES string of the molecule is Cc1ccc(C(=O)O)c(CBr)c1C(=O)O. The Balaban J connectivity index is 3.54. The Hall–Kier alpha value is -1.36. The monoisotopic (exact) mass is 272 g/mol. The Morgan fingerprint density at radius 2 is 1.87 bits per heavy atom. The van der Waals surface area contributed by atoms with Crippen molar-refractivity contribution in [3.63, 3.8) is 0 Å². The summed E-state index contributed by atoms with van der Waals surface area (Å²) in [7, 11) is 0. The largest absolute Gasteiger partial charge is 0.478 e. The van der Waals surface area contributed by atoms with Crippen molar-refractivity contribution in [2.24, 2.45) is 0 Å². The molecule has 0 aromatic heterocycles. The highest BCUT2D eigenvalue weighted by Gasteiger charge is 2.19. The summed E-state index contributed by atoms with van der Waals surface area (Å²) in [6, 6.07) is 2.92. The van der Waals surface area contributed by atoms with Crippen molar-refractivity contribution in [1.82, 2.24) is 0 Å². The van der Waals surface area contributed by atoms with Crippen LogP contribution in [0.3, 0.4) is 0 Å². The predicted molar refractivity (Wildman–Crippen MR) is 57.7 cm³/mol. The maximum Gasteiger partial charge on any atom is 0.336 e. The van der Waals surface area contributed by atoms with E-state index in [-0.39, 0.29) is 16.5 Å². The van der Waals surface area contributed by atoms with Gasteiger partial charge in [-0.2, -0.15) is 0 Å². The van der Waals surface area contributed by atoms with Crippen LogP contribution in [0.4, 0.5) is 0 Å². The van der Waals surface area contributed by atoms with E-state index >= 15 is 0 Å². The molecule has 0 fully saturated rings. The quantitative estimate of drug-likeness (QED) is 0.828. The van der Waals surface area contributed by atoms with Crippen molar-refractivity contribution in [2.75, 3.05) is 0 Å². The first-order valence-corrected chi connectivity index (χ1v) is 5.26. The van der Waals surface area contributed by atoms with Crippen LogP contribution in [0, 0.1) is 6.92 Å². The molecule has 0 bridgehead atoms. The fourth-order valence-electron chi connectivity index (χ4n) is 1.40. The van der Waals surface area contributed by atoms with E-state index in [4.69, 9.17) is 10.2 Å². The van der Waals surface area contributed by atoms with Crippen molar-refractivity contribution < 1.29 is 19.8 Å². The van der Waals surface area contributed by atoms with Gasteiger partial charge in [0, 0.05) is 5.33 Å². The van der Waals surface area contributed by atoms with Crippen LogP contribution >= 0.6 is 15.9 Å². The van der Waals surface area contributed by atoms with Gasteiger partial charge in [0.25, 0.3) is 0 Å². The minimum Gasteiger partial charge on any atom is -0.478 e. The molecule has 5 heteroatoms. The molecule has 0 radical (unpaired) electrons. The molecule has 1 rings (SSSR count). The Bertz CT molecular complexity index is 426. The van der Waals surface area contributed by atoms with Crippen LogP contribution in [0.2, 0.25) is 0 Å². The van der Waals surface area contributed by atoms with Gasteiger partial charge in [-0.15, -0.1) is 0 Å². The standard InChI is InChI=1S/C10H9BrO4/c1-5-2-3-6(9(12)13)7(4-11)8(5)10(14)15/h2-3H,4H2,1H3,(H,12,13)(H,14,15). The normalized spacial score (nSPS) is 10.0. The van der Waals surface area contributed by atoms with Gasteiger partial charge in [-0.3, -0.25) is 0 Å². The van der Waals surface area contributed by atoms with E-state index < -0.39 is 11.9 Å². The Labute approximate surface area is 94.7 Å². The van der Waals surface area contributed by atoms with Crippen LogP contribution in [0.25, 0.3) is 0 Å². The van der Waals surface area contributed by atoms with Crippen LogP contribution in [-0.2, 0) is 5.33 Å². The van der Waals surface area contributed by atoms with Crippen LogP contribution < -0.4 is 0 Å². The number of alkyl halides is 1. The highest BCUT2D eigenvalue weighted by molar-refractivity contribution is 9.08. The molecule has 0 heterocycles. The van der Waals surface area contributed by atoms with E-state index in [9.17, 15) is 9.59 Å². The number of carbonyl (C=O) groups is 2. The molecule has 0 aliphatic rings. The molecule has 0 unspecified atom stereocenters. The summed E-state index contributed by atoms with van der Waals surface area (Å²) >= 11 is 3.10. The first kappa shape index (κ1) is 11.7. The summed E-state index contributed by atoms with van der Waals surface area (Å²) < 4.78 is 0. The van der Waals surface area contributed by atoms with Gasteiger partial charge >= 0.3 is 11.9 Å². The first-order valence-electron chi connectivity index (χ1n) is 4.14. The van der Waals surface area contributed by atoms with Gasteiger partial charge in [0.1, 0.15) is 0 Å². The van der Waals surface area contributed by atoms with E-state index in [1.165, 1.54) is 12.1 Å². The van der Waals surface area contributed by atoms with E-state index in [1.54, 1.807) is 6.92 Å². The number of benzene rings is 1. The third-order valence-corrected chi connectivity index (χ3v) is 2.66. The lowest BCUT2D eigenvalue weighted by molar-refractivity contribution is 0.0695. The number of hydrogen-bond acceptors (Lipinski definition) is 2. The van der Waals surface area contributed by atoms with Gasteiger partial charge in [0.05, 0.1) is 11.1 Å². The van der Waals surface area contributed by atoms with Gasteiger partial charge < -0.3 is 10.2 Å². The summed E-state index contributed by atoms with van der Waals surface area (Å²) in [5.41, 5.74) is 0.943. The van der Waals surface area contributed by atoms with E-state index in [1.807, 2.05) is 0 Å². The zero-order valence-electron chi connectivity index (χ0n) is 7.95. The third-order valence-electron chi connectivity index (χ3n) is 2.10. The lowest BCUT2D eigenvalue weighted by Crippen LogP contribution is -2.10. The van der Waals surface area contributed by atoms with Gasteiger partial charge in [0.2, 0.25) is 0 Å². The maximum atomic E-state index is 11.0. The predicted octanol–water partition coefficient (Wildman–Crippen LogP) is 2.29. The molecule has 0 saturated carbocycles. The smallest absolute Gasteiger partial charge is 0.336 e. The minimum absolute atomic E-state index is 0.0230. The highest BCUT2D eigenvalue weighted by Crippen LogP contribution is 2.22. The molecular weight excluding hydrogens is 264 g/mol. The van der Waals surface area contributed by atoms with Crippen molar-refractivity contribution >= 4 is 27.9 Å². The van der Waals surface area contributed by atoms with Gasteiger partial charge in [-0.1, -0.05) is 22.0 Å². The van der Waals surface area contributed by atoms with Crippen molar-refractivity contribution in [1.29, 1.82) is 0 Å². The number of aromatic carboxylic acids is 2. The van der Waals surface area contributed by atoms with Crippen LogP contribution in [0.5, 0.6) is 0 Å².